The molecule has 1 aromatic heterocycles. The molecule has 0 amide bonds. The lowest BCUT2D eigenvalue weighted by molar-refractivity contribution is -0.134. The molecule has 74 valence electrons. The monoisotopic (exact) mass is 211 g/mol. The molecule has 2 nitrogen and oxygen atoms in total. The molecular weight excluding hydrogens is 203 g/mol. The normalized spacial score (nSPS) is 12.0. The van der Waals surface area contributed by atoms with Crippen molar-refractivity contribution < 1.29 is 18.0 Å². The highest BCUT2D eigenvalue weighted by molar-refractivity contribution is 7.12. The van der Waals surface area contributed by atoms with Crippen LogP contribution in [0.15, 0.2) is 12.1 Å². The lowest BCUT2D eigenvalue weighted by Crippen LogP contribution is -2.02. The van der Waals surface area contributed by atoms with Gasteiger partial charge in [0.25, 0.3) is 0 Å². The minimum absolute atomic E-state index is 0.234. The zero-order valence-corrected chi connectivity index (χ0v) is 7.41. The van der Waals surface area contributed by atoms with Gasteiger partial charge in [0.2, 0.25) is 0 Å². The first-order chi connectivity index (χ1) is 6.04. The van der Waals surface area contributed by atoms with Crippen LogP contribution in [0.1, 0.15) is 9.75 Å². The second-order valence-corrected chi connectivity index (χ2v) is 3.55. The third kappa shape index (κ3) is 2.98. The van der Waals surface area contributed by atoms with Gasteiger partial charge in [-0.15, -0.1) is 11.3 Å². The summed E-state index contributed by atoms with van der Waals surface area (Å²) in [6.45, 7) is 0.234. The first-order valence-corrected chi connectivity index (χ1v) is 4.33. The van der Waals surface area contributed by atoms with Crippen LogP contribution in [0.5, 0.6) is 0 Å². The maximum Gasteiger partial charge on any atom is 0.425 e. The minimum atomic E-state index is -4.24. The van der Waals surface area contributed by atoms with E-state index in [1.165, 1.54) is 6.07 Å². The average Bonchev–Trinajstić information content (AvgIpc) is 2.47. The molecule has 1 rings (SSSR count). The second-order valence-electron chi connectivity index (χ2n) is 2.38. The Morgan fingerprint density at radius 1 is 1.38 bits per heavy atom. The molecule has 0 aliphatic heterocycles. The van der Waals surface area contributed by atoms with Crippen LogP contribution in [0.4, 0.5) is 13.2 Å². The van der Waals surface area contributed by atoms with Crippen molar-refractivity contribution in [3.05, 3.63) is 21.9 Å². The van der Waals surface area contributed by atoms with E-state index in [2.05, 4.69) is 4.84 Å². The smallest absolute Gasteiger partial charge is 0.304 e. The molecular formula is C7H8F3NOS. The number of halogens is 3. The van der Waals surface area contributed by atoms with Crippen LogP contribution in [0.25, 0.3) is 0 Å². The number of thiophene rings is 1. The molecule has 1 aromatic rings. The number of nitrogens with two attached hydrogens (primary N) is 1. The molecule has 0 unspecified atom stereocenters. The Balaban J connectivity index is 2.64. The summed E-state index contributed by atoms with van der Waals surface area (Å²) in [6, 6.07) is 2.50. The van der Waals surface area contributed by atoms with Crippen LogP contribution in [-0.2, 0) is 17.4 Å². The molecule has 2 N–H and O–H groups in total. The summed E-state index contributed by atoms with van der Waals surface area (Å²) in [5.74, 6) is 4.75. The van der Waals surface area contributed by atoms with Gasteiger partial charge in [-0.25, -0.2) is 5.90 Å². The van der Waals surface area contributed by atoms with Gasteiger partial charge in [0.05, 0.1) is 6.61 Å². The zero-order chi connectivity index (χ0) is 9.90. The van der Waals surface area contributed by atoms with Crippen LogP contribution in [0.3, 0.4) is 0 Å². The molecule has 0 aliphatic carbocycles. The molecule has 0 radical (unpaired) electrons. The van der Waals surface area contributed by atoms with Crippen molar-refractivity contribution in [3.8, 4) is 0 Å². The Kier molecular flexibility index (Phi) is 3.29. The highest BCUT2D eigenvalue weighted by atomic mass is 32.1. The highest BCUT2D eigenvalue weighted by Crippen LogP contribution is 2.34. The van der Waals surface area contributed by atoms with Crippen LogP contribution < -0.4 is 5.90 Å². The Bertz CT molecular complexity index is 271. The standard InChI is InChI=1S/C7H8F3NOS/c8-7(9,10)6-2-1-5(13-6)3-4-12-11/h1-2H,3-4,11H2. The molecule has 0 saturated carbocycles. The van der Waals surface area contributed by atoms with Crippen LogP contribution in [-0.4, -0.2) is 6.61 Å². The Hall–Kier alpha value is -0.590. The number of rotatable bonds is 3. The fourth-order valence-electron chi connectivity index (χ4n) is 0.824. The van der Waals surface area contributed by atoms with Gasteiger partial charge in [-0.1, -0.05) is 0 Å². The van der Waals surface area contributed by atoms with E-state index in [0.29, 0.717) is 11.3 Å². The maximum absolute atomic E-state index is 12.1. The van der Waals surface area contributed by atoms with E-state index < -0.39 is 11.1 Å². The first kappa shape index (κ1) is 10.5. The summed E-state index contributed by atoms with van der Waals surface area (Å²) in [7, 11) is 0. The molecule has 13 heavy (non-hydrogen) atoms. The molecule has 0 aliphatic rings. The van der Waals surface area contributed by atoms with Gasteiger partial charge >= 0.3 is 6.18 Å². The van der Waals surface area contributed by atoms with Crippen molar-refractivity contribution in [1.29, 1.82) is 0 Å². The van der Waals surface area contributed by atoms with E-state index >= 15 is 0 Å². The topological polar surface area (TPSA) is 35.2 Å². The minimum Gasteiger partial charge on any atom is -0.304 e. The van der Waals surface area contributed by atoms with Gasteiger partial charge in [-0.3, -0.25) is 0 Å². The van der Waals surface area contributed by atoms with Crippen molar-refractivity contribution in [2.45, 2.75) is 12.6 Å². The lowest BCUT2D eigenvalue weighted by atomic mass is 10.3. The largest absolute Gasteiger partial charge is 0.425 e. The Morgan fingerprint density at radius 3 is 2.54 bits per heavy atom. The van der Waals surface area contributed by atoms with Crippen molar-refractivity contribution in [2.24, 2.45) is 5.90 Å². The van der Waals surface area contributed by atoms with Crippen molar-refractivity contribution >= 4 is 11.3 Å². The van der Waals surface area contributed by atoms with E-state index in [-0.39, 0.29) is 6.61 Å². The van der Waals surface area contributed by atoms with E-state index in [9.17, 15) is 13.2 Å². The third-order valence-corrected chi connectivity index (χ3v) is 2.60. The summed E-state index contributed by atoms with van der Waals surface area (Å²) in [6.07, 6.45) is -3.83. The summed E-state index contributed by atoms with van der Waals surface area (Å²) < 4.78 is 36.2. The molecule has 0 spiro atoms. The number of alkyl halides is 3. The molecule has 0 atom stereocenters. The molecule has 0 fully saturated rings. The van der Waals surface area contributed by atoms with Crippen molar-refractivity contribution in [2.75, 3.05) is 6.61 Å². The molecule has 0 aromatic carbocycles. The van der Waals surface area contributed by atoms with Crippen molar-refractivity contribution in [3.63, 3.8) is 0 Å². The Labute approximate surface area is 77.1 Å². The number of hydrogen-bond donors (Lipinski definition) is 1. The third-order valence-electron chi connectivity index (χ3n) is 1.41. The van der Waals surface area contributed by atoms with E-state index in [4.69, 9.17) is 5.90 Å². The van der Waals surface area contributed by atoms with E-state index in [0.717, 1.165) is 17.4 Å². The molecule has 0 saturated heterocycles. The summed E-state index contributed by atoms with van der Waals surface area (Å²) in [5, 5.41) is 0. The maximum atomic E-state index is 12.1. The van der Waals surface area contributed by atoms with Crippen LogP contribution in [0, 0.1) is 0 Å². The highest BCUT2D eigenvalue weighted by Gasteiger charge is 2.32. The summed E-state index contributed by atoms with van der Waals surface area (Å²) in [4.78, 5) is 4.31. The first-order valence-electron chi connectivity index (χ1n) is 3.51. The molecule has 6 heteroatoms. The Morgan fingerprint density at radius 2 is 2.08 bits per heavy atom. The summed E-state index contributed by atoms with van der Waals surface area (Å²) >= 11 is 0.719. The second kappa shape index (κ2) is 4.08. The van der Waals surface area contributed by atoms with Gasteiger partial charge in [0.1, 0.15) is 4.88 Å². The van der Waals surface area contributed by atoms with Gasteiger partial charge < -0.3 is 4.84 Å². The predicted octanol–water partition coefficient (Wildman–Crippen LogP) is 2.20. The lowest BCUT2D eigenvalue weighted by Gasteiger charge is -2.00. The predicted molar refractivity (Wildman–Crippen MR) is 43.2 cm³/mol. The van der Waals surface area contributed by atoms with Gasteiger partial charge in [-0.2, -0.15) is 13.2 Å². The van der Waals surface area contributed by atoms with Crippen LogP contribution in [0.2, 0.25) is 0 Å². The fourth-order valence-corrected chi connectivity index (χ4v) is 1.68. The van der Waals surface area contributed by atoms with Crippen molar-refractivity contribution in [1.82, 2.24) is 0 Å². The van der Waals surface area contributed by atoms with Gasteiger partial charge in [0, 0.05) is 11.3 Å². The van der Waals surface area contributed by atoms with Crippen LogP contribution >= 0.6 is 11.3 Å². The molecule has 1 heterocycles. The number of hydrogen-bond acceptors (Lipinski definition) is 3. The summed E-state index contributed by atoms with van der Waals surface area (Å²) in [5.41, 5.74) is 0. The van der Waals surface area contributed by atoms with Gasteiger partial charge in [0.15, 0.2) is 0 Å². The quantitative estimate of drug-likeness (QED) is 0.778. The molecule has 0 bridgehead atoms. The van der Waals surface area contributed by atoms with E-state index in [1.54, 1.807) is 0 Å². The SMILES string of the molecule is NOCCc1ccc(C(F)(F)F)s1. The van der Waals surface area contributed by atoms with Gasteiger partial charge in [-0.05, 0) is 12.1 Å². The van der Waals surface area contributed by atoms with E-state index in [1.807, 2.05) is 0 Å². The zero-order valence-electron chi connectivity index (χ0n) is 6.60. The average molecular weight is 211 g/mol. The fraction of sp³-hybridized carbons (Fsp3) is 0.429.